The Hall–Kier alpha value is -0.670. The maximum Gasteiger partial charge on any atom is 0.122 e. The van der Waals surface area contributed by atoms with Crippen molar-refractivity contribution in [3.8, 4) is 5.75 Å². The van der Waals surface area contributed by atoms with Crippen LogP contribution in [0.5, 0.6) is 5.75 Å². The molecule has 118 valence electrons. The second-order valence-corrected chi connectivity index (χ2v) is 7.02. The molecule has 1 aliphatic rings. The number of hydrogen-bond acceptors (Lipinski definition) is 3. The van der Waals surface area contributed by atoms with Crippen molar-refractivity contribution in [3.05, 3.63) is 29.3 Å². The van der Waals surface area contributed by atoms with E-state index >= 15 is 0 Å². The number of nitrogens with one attached hydrogen (secondary N) is 1. The van der Waals surface area contributed by atoms with Gasteiger partial charge in [-0.25, -0.2) is 0 Å². The zero-order valence-electron chi connectivity index (χ0n) is 13.5. The first kappa shape index (κ1) is 16.7. The summed E-state index contributed by atoms with van der Waals surface area (Å²) >= 11 is 1.99. The summed E-state index contributed by atoms with van der Waals surface area (Å²) in [6.45, 7) is 6.38. The lowest BCUT2D eigenvalue weighted by Gasteiger charge is -2.28. The van der Waals surface area contributed by atoms with Gasteiger partial charge in [0.05, 0.1) is 6.61 Å². The zero-order chi connectivity index (χ0) is 14.9. The minimum Gasteiger partial charge on any atom is -0.493 e. The van der Waals surface area contributed by atoms with Crippen molar-refractivity contribution in [1.29, 1.82) is 0 Å². The molecule has 1 aliphatic carbocycles. The van der Waals surface area contributed by atoms with E-state index in [-0.39, 0.29) is 0 Å². The molecule has 0 bridgehead atoms. The number of fused-ring (bicyclic) bond motifs is 1. The third-order valence-electron chi connectivity index (χ3n) is 4.00. The van der Waals surface area contributed by atoms with Crippen LogP contribution in [0.2, 0.25) is 0 Å². The Morgan fingerprint density at radius 3 is 3.05 bits per heavy atom. The smallest absolute Gasteiger partial charge is 0.122 e. The van der Waals surface area contributed by atoms with Crippen LogP contribution in [0, 0.1) is 0 Å². The highest BCUT2D eigenvalue weighted by molar-refractivity contribution is 7.99. The summed E-state index contributed by atoms with van der Waals surface area (Å²) in [5, 5.41) is 3.68. The van der Waals surface area contributed by atoms with E-state index in [0.29, 0.717) is 6.04 Å². The molecule has 2 nitrogen and oxygen atoms in total. The van der Waals surface area contributed by atoms with Crippen LogP contribution in [0.25, 0.3) is 0 Å². The van der Waals surface area contributed by atoms with Crippen LogP contribution in [0.15, 0.2) is 18.2 Å². The Balaban J connectivity index is 1.96. The van der Waals surface area contributed by atoms with Gasteiger partial charge in [-0.3, -0.25) is 0 Å². The summed E-state index contributed by atoms with van der Waals surface area (Å²) in [7, 11) is 0. The van der Waals surface area contributed by atoms with Gasteiger partial charge in [0.1, 0.15) is 5.75 Å². The van der Waals surface area contributed by atoms with Gasteiger partial charge in [0.15, 0.2) is 0 Å². The summed E-state index contributed by atoms with van der Waals surface area (Å²) < 4.78 is 6.06. The molecule has 3 heteroatoms. The Kier molecular flexibility index (Phi) is 7.45. The van der Waals surface area contributed by atoms with Gasteiger partial charge < -0.3 is 10.1 Å². The summed E-state index contributed by atoms with van der Waals surface area (Å²) in [6.07, 6.45) is 6.01. The molecule has 0 radical (unpaired) electrons. The van der Waals surface area contributed by atoms with Gasteiger partial charge in [-0.1, -0.05) is 26.0 Å². The van der Waals surface area contributed by atoms with E-state index in [0.717, 1.165) is 25.3 Å². The van der Waals surface area contributed by atoms with E-state index in [1.54, 1.807) is 0 Å². The third-order valence-corrected chi connectivity index (χ3v) is 4.99. The van der Waals surface area contributed by atoms with Crippen molar-refractivity contribution >= 4 is 11.8 Å². The zero-order valence-corrected chi connectivity index (χ0v) is 14.3. The van der Waals surface area contributed by atoms with Crippen LogP contribution in [-0.4, -0.2) is 24.7 Å². The first-order valence-electron chi connectivity index (χ1n) is 8.42. The summed E-state index contributed by atoms with van der Waals surface area (Å²) in [6, 6.07) is 7.10. The maximum atomic E-state index is 6.06. The van der Waals surface area contributed by atoms with Crippen molar-refractivity contribution in [3.63, 3.8) is 0 Å². The van der Waals surface area contributed by atoms with Crippen LogP contribution in [-0.2, 0) is 6.42 Å². The third kappa shape index (κ3) is 4.93. The van der Waals surface area contributed by atoms with Gasteiger partial charge in [0, 0.05) is 6.04 Å². The fourth-order valence-corrected chi connectivity index (χ4v) is 3.58. The molecule has 1 atom stereocenters. The van der Waals surface area contributed by atoms with E-state index in [4.69, 9.17) is 4.74 Å². The predicted molar refractivity (Wildman–Crippen MR) is 93.5 cm³/mol. The van der Waals surface area contributed by atoms with Crippen LogP contribution >= 0.6 is 11.8 Å². The van der Waals surface area contributed by atoms with E-state index < -0.39 is 0 Å². The molecule has 0 heterocycles. The molecule has 0 saturated carbocycles. The van der Waals surface area contributed by atoms with Gasteiger partial charge in [-0.05, 0) is 67.3 Å². The Morgan fingerprint density at radius 1 is 1.33 bits per heavy atom. The molecule has 0 spiro atoms. The highest BCUT2D eigenvalue weighted by Crippen LogP contribution is 2.35. The average molecular weight is 308 g/mol. The predicted octanol–water partition coefficient (Wildman–Crippen LogP) is 4.59. The summed E-state index contributed by atoms with van der Waals surface area (Å²) in [4.78, 5) is 0. The van der Waals surface area contributed by atoms with E-state index in [1.807, 2.05) is 11.8 Å². The van der Waals surface area contributed by atoms with Crippen molar-refractivity contribution in [1.82, 2.24) is 5.32 Å². The molecule has 1 aromatic rings. The average Bonchev–Trinajstić information content (AvgIpc) is 2.53. The number of thioether (sulfide) groups is 1. The highest BCUT2D eigenvalue weighted by Gasteiger charge is 2.22. The minimum absolute atomic E-state index is 0.521. The summed E-state index contributed by atoms with van der Waals surface area (Å²) in [5.41, 5.74) is 2.91. The first-order chi connectivity index (χ1) is 10.4. The first-order valence-corrected chi connectivity index (χ1v) is 9.58. The molecule has 21 heavy (non-hydrogen) atoms. The fourth-order valence-electron chi connectivity index (χ4n) is 2.97. The van der Waals surface area contributed by atoms with E-state index in [1.165, 1.54) is 48.3 Å². The number of hydrogen-bond donors (Lipinski definition) is 1. The molecule has 0 aromatic heterocycles. The Morgan fingerprint density at radius 2 is 2.24 bits per heavy atom. The topological polar surface area (TPSA) is 21.3 Å². The highest BCUT2D eigenvalue weighted by atomic mass is 32.2. The van der Waals surface area contributed by atoms with Crippen molar-refractivity contribution in [2.24, 2.45) is 0 Å². The molecule has 0 aliphatic heterocycles. The molecular weight excluding hydrogens is 278 g/mol. The quantitative estimate of drug-likeness (QED) is 0.674. The van der Waals surface area contributed by atoms with Crippen LogP contribution in [0.3, 0.4) is 0 Å². The van der Waals surface area contributed by atoms with E-state index in [2.05, 4.69) is 37.4 Å². The second-order valence-electron chi connectivity index (χ2n) is 5.62. The standard InChI is InChI=1S/C18H29NOS/c1-3-12-19-17-10-5-9-16-15(17)8-6-11-18(16)20-13-7-14-21-4-2/h6,8,11,17,19H,3-5,7,9-10,12-14H2,1-2H3. The molecular formula is C18H29NOS. The lowest BCUT2D eigenvalue weighted by molar-refractivity contribution is 0.311. The maximum absolute atomic E-state index is 6.06. The Bertz CT molecular complexity index is 422. The van der Waals surface area contributed by atoms with Gasteiger partial charge in [0.2, 0.25) is 0 Å². The molecule has 1 aromatic carbocycles. The molecule has 0 amide bonds. The second kappa shape index (κ2) is 9.37. The Labute approximate surface area is 134 Å². The van der Waals surface area contributed by atoms with Crippen LogP contribution in [0.1, 0.15) is 56.7 Å². The lowest BCUT2D eigenvalue weighted by Crippen LogP contribution is -2.26. The van der Waals surface area contributed by atoms with Gasteiger partial charge in [-0.15, -0.1) is 0 Å². The lowest BCUT2D eigenvalue weighted by atomic mass is 9.87. The number of rotatable bonds is 9. The van der Waals surface area contributed by atoms with Crippen molar-refractivity contribution in [2.75, 3.05) is 24.7 Å². The molecule has 2 rings (SSSR count). The molecule has 1 unspecified atom stereocenters. The molecule has 0 saturated heterocycles. The number of ether oxygens (including phenoxy) is 1. The van der Waals surface area contributed by atoms with E-state index in [9.17, 15) is 0 Å². The molecule has 0 fully saturated rings. The van der Waals surface area contributed by atoms with Crippen LogP contribution in [0.4, 0.5) is 0 Å². The SMILES string of the molecule is CCCNC1CCCc2c(OCCCSCC)cccc21. The van der Waals surface area contributed by atoms with Gasteiger partial charge in [-0.2, -0.15) is 11.8 Å². The largest absolute Gasteiger partial charge is 0.493 e. The normalized spacial score (nSPS) is 17.5. The minimum atomic E-state index is 0.521. The van der Waals surface area contributed by atoms with Gasteiger partial charge in [0.25, 0.3) is 0 Å². The number of benzene rings is 1. The van der Waals surface area contributed by atoms with Gasteiger partial charge >= 0.3 is 0 Å². The summed E-state index contributed by atoms with van der Waals surface area (Å²) in [5.74, 6) is 3.52. The fraction of sp³-hybridized carbons (Fsp3) is 0.667. The monoisotopic (exact) mass is 307 g/mol. The van der Waals surface area contributed by atoms with Crippen LogP contribution < -0.4 is 10.1 Å². The van der Waals surface area contributed by atoms with Crippen molar-refractivity contribution < 1.29 is 4.74 Å². The molecule has 1 N–H and O–H groups in total. The van der Waals surface area contributed by atoms with Crippen molar-refractivity contribution in [2.45, 2.75) is 52.0 Å².